The molecule has 0 radical (unpaired) electrons. The summed E-state index contributed by atoms with van der Waals surface area (Å²) in [5.41, 5.74) is 0. The minimum atomic E-state index is -3.98. The van der Waals surface area contributed by atoms with E-state index in [1.807, 2.05) is 0 Å². The van der Waals surface area contributed by atoms with Crippen LogP contribution in [0, 0.1) is 6.92 Å². The molecule has 0 saturated heterocycles. The van der Waals surface area contributed by atoms with Crippen molar-refractivity contribution >= 4 is 21.9 Å². The number of carbonyl (C=O) groups excluding carboxylic acids is 1. The molecule has 0 aromatic carbocycles. The fourth-order valence-electron chi connectivity index (χ4n) is 1.19. The molecular formula is C9H12N2O6S. The normalized spacial score (nSPS) is 13.1. The number of primary sulfonamides is 1. The predicted molar refractivity (Wildman–Crippen MR) is 59.4 cm³/mol. The van der Waals surface area contributed by atoms with Crippen molar-refractivity contribution in [2.75, 3.05) is 0 Å². The van der Waals surface area contributed by atoms with Crippen molar-refractivity contribution in [3.63, 3.8) is 0 Å². The second kappa shape index (κ2) is 4.78. The molecule has 0 bridgehead atoms. The van der Waals surface area contributed by atoms with Gasteiger partial charge in [-0.05, 0) is 13.8 Å². The molecule has 0 aliphatic heterocycles. The van der Waals surface area contributed by atoms with Crippen molar-refractivity contribution in [1.82, 2.24) is 5.32 Å². The molecule has 1 heterocycles. The lowest BCUT2D eigenvalue weighted by atomic mass is 10.3. The van der Waals surface area contributed by atoms with Crippen molar-refractivity contribution in [2.24, 2.45) is 5.14 Å². The molecule has 0 saturated carbocycles. The van der Waals surface area contributed by atoms with Gasteiger partial charge in [-0.15, -0.1) is 0 Å². The van der Waals surface area contributed by atoms with Crippen LogP contribution in [0.25, 0.3) is 0 Å². The van der Waals surface area contributed by atoms with Crippen molar-refractivity contribution in [3.05, 3.63) is 17.6 Å². The van der Waals surface area contributed by atoms with Gasteiger partial charge in [0.2, 0.25) is 10.0 Å². The average molecular weight is 276 g/mol. The summed E-state index contributed by atoms with van der Waals surface area (Å²) in [6.07, 6.45) is 0. The number of sulfonamides is 1. The van der Waals surface area contributed by atoms with Crippen LogP contribution < -0.4 is 10.5 Å². The van der Waals surface area contributed by atoms with Gasteiger partial charge in [0.1, 0.15) is 16.7 Å². The summed E-state index contributed by atoms with van der Waals surface area (Å²) in [6.45, 7) is 2.59. The van der Waals surface area contributed by atoms with Crippen LogP contribution in [0.2, 0.25) is 0 Å². The van der Waals surface area contributed by atoms with Gasteiger partial charge in [0.15, 0.2) is 5.76 Å². The number of aliphatic carboxylic acids is 1. The van der Waals surface area contributed by atoms with Crippen LogP contribution in [-0.4, -0.2) is 31.4 Å². The van der Waals surface area contributed by atoms with Gasteiger partial charge < -0.3 is 14.8 Å². The van der Waals surface area contributed by atoms with E-state index in [0.29, 0.717) is 0 Å². The highest BCUT2D eigenvalue weighted by atomic mass is 32.2. The summed E-state index contributed by atoms with van der Waals surface area (Å²) in [4.78, 5) is 21.8. The molecule has 0 aliphatic carbocycles. The number of carbonyl (C=O) groups is 2. The maximum absolute atomic E-state index is 11.5. The third-order valence-electron chi connectivity index (χ3n) is 2.12. The molecule has 1 amide bonds. The number of aryl methyl sites for hydroxylation is 1. The molecule has 18 heavy (non-hydrogen) atoms. The summed E-state index contributed by atoms with van der Waals surface area (Å²) in [5, 5.41) is 15.6. The molecule has 9 heteroatoms. The van der Waals surface area contributed by atoms with E-state index in [9.17, 15) is 18.0 Å². The summed E-state index contributed by atoms with van der Waals surface area (Å²) in [5.74, 6) is -2.41. The van der Waals surface area contributed by atoms with E-state index in [1.165, 1.54) is 13.8 Å². The maximum atomic E-state index is 11.5. The largest absolute Gasteiger partial charge is 0.480 e. The van der Waals surface area contributed by atoms with Crippen molar-refractivity contribution in [1.29, 1.82) is 0 Å². The zero-order chi connectivity index (χ0) is 14.1. The number of carboxylic acids is 1. The highest BCUT2D eigenvalue weighted by molar-refractivity contribution is 7.89. The van der Waals surface area contributed by atoms with E-state index in [-0.39, 0.29) is 16.4 Å². The third-order valence-corrected chi connectivity index (χ3v) is 3.14. The van der Waals surface area contributed by atoms with Gasteiger partial charge in [-0.3, -0.25) is 9.59 Å². The van der Waals surface area contributed by atoms with E-state index < -0.39 is 27.9 Å². The number of amides is 1. The first-order valence-electron chi connectivity index (χ1n) is 4.80. The smallest absolute Gasteiger partial charge is 0.325 e. The molecule has 0 aliphatic rings. The Hall–Kier alpha value is -1.87. The van der Waals surface area contributed by atoms with E-state index in [4.69, 9.17) is 14.7 Å². The number of hydrogen-bond donors (Lipinski definition) is 3. The van der Waals surface area contributed by atoms with Crippen molar-refractivity contribution in [3.8, 4) is 0 Å². The molecule has 0 unspecified atom stereocenters. The summed E-state index contributed by atoms with van der Waals surface area (Å²) in [6, 6.07) is -0.171. The summed E-state index contributed by atoms with van der Waals surface area (Å²) >= 11 is 0. The minimum Gasteiger partial charge on any atom is -0.480 e. The molecule has 1 atom stereocenters. The molecule has 1 aromatic heterocycles. The molecular weight excluding hydrogens is 264 g/mol. The second-order valence-electron chi connectivity index (χ2n) is 3.61. The number of nitrogens with one attached hydrogen (secondary N) is 1. The Morgan fingerprint density at radius 2 is 2.06 bits per heavy atom. The molecule has 1 rings (SSSR count). The highest BCUT2D eigenvalue weighted by Gasteiger charge is 2.23. The number of furan rings is 1. The van der Waals surface area contributed by atoms with Crippen molar-refractivity contribution in [2.45, 2.75) is 24.8 Å². The Bertz CT molecular complexity index is 588. The first kappa shape index (κ1) is 14.2. The monoisotopic (exact) mass is 276 g/mol. The van der Waals surface area contributed by atoms with Crippen LogP contribution in [0.4, 0.5) is 0 Å². The molecule has 1 aromatic rings. The van der Waals surface area contributed by atoms with Crippen LogP contribution in [0.15, 0.2) is 15.4 Å². The number of rotatable bonds is 4. The van der Waals surface area contributed by atoms with E-state index in [1.54, 1.807) is 0 Å². The fraction of sp³-hybridized carbons (Fsp3) is 0.333. The number of hydrogen-bond acceptors (Lipinski definition) is 5. The molecule has 0 spiro atoms. The number of nitrogens with two attached hydrogens (primary N) is 1. The third kappa shape index (κ3) is 3.08. The van der Waals surface area contributed by atoms with Gasteiger partial charge in [0.05, 0.1) is 0 Å². The lowest BCUT2D eigenvalue weighted by Crippen LogP contribution is -2.38. The lowest BCUT2D eigenvalue weighted by Gasteiger charge is -2.06. The fourth-order valence-corrected chi connectivity index (χ4v) is 1.90. The quantitative estimate of drug-likeness (QED) is 0.673. The molecule has 8 nitrogen and oxygen atoms in total. The zero-order valence-electron chi connectivity index (χ0n) is 9.63. The van der Waals surface area contributed by atoms with Gasteiger partial charge in [-0.1, -0.05) is 0 Å². The van der Waals surface area contributed by atoms with Crippen LogP contribution in [0.1, 0.15) is 23.2 Å². The molecule has 100 valence electrons. The maximum Gasteiger partial charge on any atom is 0.325 e. The molecule has 0 fully saturated rings. The SMILES string of the molecule is Cc1oc(C(=O)N[C@H](C)C(=O)O)cc1S(N)(=O)=O. The van der Waals surface area contributed by atoms with Crippen LogP contribution >= 0.6 is 0 Å². The molecule has 4 N–H and O–H groups in total. The first-order chi connectivity index (χ1) is 8.12. The van der Waals surface area contributed by atoms with Crippen LogP contribution in [-0.2, 0) is 14.8 Å². The van der Waals surface area contributed by atoms with E-state index >= 15 is 0 Å². The Morgan fingerprint density at radius 3 is 2.44 bits per heavy atom. The topological polar surface area (TPSA) is 140 Å². The lowest BCUT2D eigenvalue weighted by molar-refractivity contribution is -0.138. The number of carboxylic acid groups (broad SMARTS) is 1. The van der Waals surface area contributed by atoms with Gasteiger partial charge in [0, 0.05) is 6.07 Å². The summed E-state index contributed by atoms with van der Waals surface area (Å²) in [7, 11) is -3.98. The van der Waals surface area contributed by atoms with Gasteiger partial charge in [-0.25, -0.2) is 13.6 Å². The Morgan fingerprint density at radius 1 is 1.50 bits per heavy atom. The summed E-state index contributed by atoms with van der Waals surface area (Å²) < 4.78 is 27.1. The Kier molecular flexibility index (Phi) is 3.77. The van der Waals surface area contributed by atoms with E-state index in [2.05, 4.69) is 5.32 Å². The second-order valence-corrected chi connectivity index (χ2v) is 5.14. The van der Waals surface area contributed by atoms with Gasteiger partial charge in [-0.2, -0.15) is 0 Å². The Labute approximate surface area is 103 Å². The first-order valence-corrected chi connectivity index (χ1v) is 6.34. The highest BCUT2D eigenvalue weighted by Crippen LogP contribution is 2.18. The standard InChI is InChI=1S/C9H12N2O6S/c1-4(9(13)14)11-8(12)6-3-7(5(2)17-6)18(10,15)16/h3-4H,1-2H3,(H,11,12)(H,13,14)(H2,10,15,16)/t4-/m1/s1. The average Bonchev–Trinajstić information content (AvgIpc) is 2.59. The van der Waals surface area contributed by atoms with Gasteiger partial charge >= 0.3 is 5.97 Å². The predicted octanol–water partition coefficient (Wildman–Crippen LogP) is -0.562. The zero-order valence-corrected chi connectivity index (χ0v) is 10.4. The minimum absolute atomic E-state index is 0.0365. The van der Waals surface area contributed by atoms with Gasteiger partial charge in [0.25, 0.3) is 5.91 Å². The van der Waals surface area contributed by atoms with Crippen LogP contribution in [0.5, 0.6) is 0 Å². The van der Waals surface area contributed by atoms with Crippen LogP contribution in [0.3, 0.4) is 0 Å². The Balaban J connectivity index is 2.99. The van der Waals surface area contributed by atoms with Crippen molar-refractivity contribution < 1.29 is 27.5 Å². The van der Waals surface area contributed by atoms with E-state index in [0.717, 1.165) is 6.07 Å².